The maximum atomic E-state index is 12.8. The largest absolute Gasteiger partial charge is 0.507 e. The van der Waals surface area contributed by atoms with Gasteiger partial charge in [0.2, 0.25) is 5.78 Å². The van der Waals surface area contributed by atoms with Crippen molar-refractivity contribution in [2.24, 2.45) is 11.8 Å². The Morgan fingerprint density at radius 3 is 2.43 bits per heavy atom. The Labute approximate surface area is 166 Å². The molecule has 3 rings (SSSR count). The number of Topliss-reactive ketones (excluding diaryl/α,β-unsaturated/α-hetero) is 1. The van der Waals surface area contributed by atoms with E-state index in [1.807, 2.05) is 18.2 Å². The summed E-state index contributed by atoms with van der Waals surface area (Å²) in [6.07, 6.45) is 3.31. The number of phenols is 1. The lowest BCUT2D eigenvalue weighted by Crippen LogP contribution is -2.31. The third-order valence-electron chi connectivity index (χ3n) is 4.51. The van der Waals surface area contributed by atoms with Crippen LogP contribution in [0.1, 0.15) is 49.3 Å². The highest BCUT2D eigenvalue weighted by molar-refractivity contribution is 6.14. The minimum absolute atomic E-state index is 0.156. The zero-order valence-electron chi connectivity index (χ0n) is 17.0. The van der Waals surface area contributed by atoms with Gasteiger partial charge in [0.15, 0.2) is 5.76 Å². The SMILES string of the molecule is CC(C)CN(Cc1c(O)ccc2c1O/C(=C/c1ccccn1)C2=O)CC(C)C. The third-order valence-corrected chi connectivity index (χ3v) is 4.51. The Bertz CT molecular complexity index is 863. The van der Waals surface area contributed by atoms with Crippen molar-refractivity contribution in [1.29, 1.82) is 0 Å². The summed E-state index contributed by atoms with van der Waals surface area (Å²) in [6.45, 7) is 11.1. The van der Waals surface area contributed by atoms with Crippen LogP contribution in [-0.2, 0) is 6.54 Å². The highest BCUT2D eigenvalue weighted by Gasteiger charge is 2.32. The molecule has 0 saturated heterocycles. The van der Waals surface area contributed by atoms with Gasteiger partial charge in [-0.25, -0.2) is 0 Å². The van der Waals surface area contributed by atoms with Gasteiger partial charge in [-0.15, -0.1) is 0 Å². The van der Waals surface area contributed by atoms with Crippen LogP contribution in [0.5, 0.6) is 11.5 Å². The van der Waals surface area contributed by atoms with Crippen LogP contribution in [-0.4, -0.2) is 33.9 Å². The highest BCUT2D eigenvalue weighted by atomic mass is 16.5. The van der Waals surface area contributed by atoms with Crippen molar-refractivity contribution in [1.82, 2.24) is 9.88 Å². The average Bonchev–Trinajstić information content (AvgIpc) is 2.93. The molecule has 0 fully saturated rings. The van der Waals surface area contributed by atoms with E-state index >= 15 is 0 Å². The normalized spacial score (nSPS) is 15.0. The van der Waals surface area contributed by atoms with E-state index in [1.54, 1.807) is 24.4 Å². The first-order chi connectivity index (χ1) is 13.3. The van der Waals surface area contributed by atoms with E-state index in [-0.39, 0.29) is 17.3 Å². The minimum atomic E-state index is -0.179. The summed E-state index contributed by atoms with van der Waals surface area (Å²) in [7, 11) is 0. The van der Waals surface area contributed by atoms with Gasteiger partial charge in [0.1, 0.15) is 11.5 Å². The van der Waals surface area contributed by atoms with Crippen molar-refractivity contribution in [3.8, 4) is 11.5 Å². The zero-order chi connectivity index (χ0) is 20.3. The predicted octanol–water partition coefficient (Wildman–Crippen LogP) is 4.52. The first-order valence-electron chi connectivity index (χ1n) is 9.77. The van der Waals surface area contributed by atoms with Crippen molar-refractivity contribution >= 4 is 11.9 Å². The van der Waals surface area contributed by atoms with E-state index in [4.69, 9.17) is 4.74 Å². The lowest BCUT2D eigenvalue weighted by molar-refractivity contribution is 0.101. The molecule has 1 aliphatic heterocycles. The summed E-state index contributed by atoms with van der Waals surface area (Å²) in [6, 6.07) is 8.71. The molecule has 1 aromatic carbocycles. The fourth-order valence-corrected chi connectivity index (χ4v) is 3.51. The monoisotopic (exact) mass is 380 g/mol. The number of aromatic hydroxyl groups is 1. The summed E-state index contributed by atoms with van der Waals surface area (Å²) in [4.78, 5) is 19.3. The van der Waals surface area contributed by atoms with Crippen LogP contribution in [0.2, 0.25) is 0 Å². The van der Waals surface area contributed by atoms with Crippen LogP contribution in [0, 0.1) is 11.8 Å². The Morgan fingerprint density at radius 1 is 1.11 bits per heavy atom. The van der Waals surface area contributed by atoms with Gasteiger partial charge in [-0.1, -0.05) is 33.8 Å². The standard InChI is InChI=1S/C23H28N2O3/c1-15(2)12-25(13-16(3)4)14-19-20(26)9-8-18-22(27)21(28-23(18)19)11-17-7-5-6-10-24-17/h5-11,15-16,26H,12-14H2,1-4H3/b21-11+. The van der Waals surface area contributed by atoms with Crippen molar-refractivity contribution in [3.05, 3.63) is 59.1 Å². The lowest BCUT2D eigenvalue weighted by Gasteiger charge is -2.27. The second-order valence-corrected chi connectivity index (χ2v) is 8.12. The van der Waals surface area contributed by atoms with Gasteiger partial charge in [-0.2, -0.15) is 0 Å². The van der Waals surface area contributed by atoms with E-state index in [0.29, 0.717) is 41.0 Å². The summed E-state index contributed by atoms with van der Waals surface area (Å²) in [5.74, 6) is 1.67. The molecular weight excluding hydrogens is 352 g/mol. The maximum Gasteiger partial charge on any atom is 0.232 e. The van der Waals surface area contributed by atoms with Gasteiger partial charge in [-0.05, 0) is 36.1 Å². The van der Waals surface area contributed by atoms with Crippen molar-refractivity contribution in [3.63, 3.8) is 0 Å². The molecule has 2 aromatic rings. The number of rotatable bonds is 7. The Morgan fingerprint density at radius 2 is 1.82 bits per heavy atom. The van der Waals surface area contributed by atoms with Gasteiger partial charge >= 0.3 is 0 Å². The van der Waals surface area contributed by atoms with E-state index < -0.39 is 0 Å². The summed E-state index contributed by atoms with van der Waals surface area (Å²) in [5, 5.41) is 10.5. The predicted molar refractivity (Wildman–Crippen MR) is 110 cm³/mol. The van der Waals surface area contributed by atoms with Gasteiger partial charge in [-0.3, -0.25) is 14.7 Å². The molecule has 2 heterocycles. The Balaban J connectivity index is 1.92. The molecule has 5 nitrogen and oxygen atoms in total. The number of fused-ring (bicyclic) bond motifs is 1. The number of pyridine rings is 1. The highest BCUT2D eigenvalue weighted by Crippen LogP contribution is 2.40. The van der Waals surface area contributed by atoms with Gasteiger partial charge in [0.05, 0.1) is 16.8 Å². The van der Waals surface area contributed by atoms with E-state index in [1.165, 1.54) is 0 Å². The Hall–Kier alpha value is -2.66. The van der Waals surface area contributed by atoms with E-state index in [2.05, 4.69) is 37.6 Å². The van der Waals surface area contributed by atoms with Crippen LogP contribution in [0.15, 0.2) is 42.3 Å². The first kappa shape index (κ1) is 20.1. The number of hydrogen-bond donors (Lipinski definition) is 1. The second kappa shape index (κ2) is 8.57. The summed E-state index contributed by atoms with van der Waals surface area (Å²) >= 11 is 0. The van der Waals surface area contributed by atoms with E-state index in [0.717, 1.165) is 13.1 Å². The quantitative estimate of drug-likeness (QED) is 0.716. The molecule has 28 heavy (non-hydrogen) atoms. The number of allylic oxidation sites excluding steroid dienone is 1. The third kappa shape index (κ3) is 4.60. The fraction of sp³-hybridized carbons (Fsp3) is 0.391. The topological polar surface area (TPSA) is 62.7 Å². The van der Waals surface area contributed by atoms with Crippen LogP contribution in [0.3, 0.4) is 0 Å². The maximum absolute atomic E-state index is 12.8. The molecule has 0 saturated carbocycles. The molecule has 5 heteroatoms. The lowest BCUT2D eigenvalue weighted by atomic mass is 10.0. The van der Waals surface area contributed by atoms with Gasteiger partial charge in [0, 0.05) is 31.9 Å². The molecule has 1 aliphatic rings. The number of carbonyl (C=O) groups is 1. The molecular formula is C23H28N2O3. The number of phenolic OH excluding ortho intramolecular Hbond substituents is 1. The molecule has 0 unspecified atom stereocenters. The van der Waals surface area contributed by atoms with Crippen molar-refractivity contribution < 1.29 is 14.6 Å². The number of ketones is 1. The van der Waals surface area contributed by atoms with Crippen LogP contribution in [0.4, 0.5) is 0 Å². The summed E-state index contributed by atoms with van der Waals surface area (Å²) < 4.78 is 5.93. The van der Waals surface area contributed by atoms with Crippen LogP contribution in [0.25, 0.3) is 6.08 Å². The zero-order valence-corrected chi connectivity index (χ0v) is 17.0. The molecule has 0 spiro atoms. The molecule has 0 radical (unpaired) electrons. The molecule has 1 aromatic heterocycles. The number of benzene rings is 1. The molecule has 0 atom stereocenters. The van der Waals surface area contributed by atoms with E-state index in [9.17, 15) is 9.90 Å². The molecule has 0 aliphatic carbocycles. The van der Waals surface area contributed by atoms with Gasteiger partial charge < -0.3 is 9.84 Å². The molecule has 0 amide bonds. The second-order valence-electron chi connectivity index (χ2n) is 8.12. The molecule has 0 bridgehead atoms. The molecule has 148 valence electrons. The van der Waals surface area contributed by atoms with Crippen LogP contribution < -0.4 is 4.74 Å². The number of carbonyl (C=O) groups excluding carboxylic acids is 1. The number of hydrogen-bond acceptors (Lipinski definition) is 5. The van der Waals surface area contributed by atoms with Crippen LogP contribution >= 0.6 is 0 Å². The smallest absolute Gasteiger partial charge is 0.232 e. The van der Waals surface area contributed by atoms with Crippen molar-refractivity contribution in [2.45, 2.75) is 34.2 Å². The number of ether oxygens (including phenoxy) is 1. The molecule has 1 N–H and O–H groups in total. The number of aromatic nitrogens is 1. The minimum Gasteiger partial charge on any atom is -0.507 e. The average molecular weight is 380 g/mol. The Kier molecular flexibility index (Phi) is 6.15. The first-order valence-corrected chi connectivity index (χ1v) is 9.77. The van der Waals surface area contributed by atoms with Crippen molar-refractivity contribution in [2.75, 3.05) is 13.1 Å². The van der Waals surface area contributed by atoms with Gasteiger partial charge in [0.25, 0.3) is 0 Å². The summed E-state index contributed by atoms with van der Waals surface area (Å²) in [5.41, 5.74) is 1.81. The fourth-order valence-electron chi connectivity index (χ4n) is 3.51. The number of nitrogens with zero attached hydrogens (tertiary/aromatic N) is 2.